The van der Waals surface area contributed by atoms with Crippen LogP contribution in [0.2, 0.25) is 0 Å². The van der Waals surface area contributed by atoms with Crippen LogP contribution in [0.3, 0.4) is 0 Å². The number of fused-ring (bicyclic) bond motifs is 6. The molecule has 0 bridgehead atoms. The molecule has 9 rings (SSSR count). The molecule has 1 aliphatic heterocycles. The third kappa shape index (κ3) is 3.85. The van der Waals surface area contributed by atoms with Gasteiger partial charge in [0.15, 0.2) is 0 Å². The van der Waals surface area contributed by atoms with Crippen LogP contribution in [0.4, 0.5) is 11.4 Å². The summed E-state index contributed by atoms with van der Waals surface area (Å²) in [5.74, 6) is 0. The normalized spacial score (nSPS) is 21.9. The summed E-state index contributed by atoms with van der Waals surface area (Å²) in [5.41, 5.74) is 14.4. The lowest BCUT2D eigenvalue weighted by molar-refractivity contribution is 0.262. The van der Waals surface area contributed by atoms with Crippen LogP contribution >= 0.6 is 11.8 Å². The lowest BCUT2D eigenvalue weighted by Gasteiger charge is -2.51. The molecule has 6 aromatic carbocycles. The van der Waals surface area contributed by atoms with Crippen molar-refractivity contribution in [3.63, 3.8) is 0 Å². The van der Waals surface area contributed by atoms with Gasteiger partial charge in [0.25, 0.3) is 0 Å². The number of benzene rings is 6. The van der Waals surface area contributed by atoms with E-state index in [9.17, 15) is 0 Å². The number of para-hydroxylation sites is 1. The highest BCUT2D eigenvalue weighted by Gasteiger charge is 2.60. The second-order valence-corrected chi connectivity index (χ2v) is 14.8. The lowest BCUT2D eigenvalue weighted by Crippen LogP contribution is -2.54. The highest BCUT2D eigenvalue weighted by atomic mass is 32.2. The van der Waals surface area contributed by atoms with Gasteiger partial charge in [0.1, 0.15) is 0 Å². The molecule has 47 heavy (non-hydrogen) atoms. The van der Waals surface area contributed by atoms with Gasteiger partial charge in [-0.25, -0.2) is 0 Å². The Hall–Kier alpha value is -4.53. The first-order chi connectivity index (χ1) is 23.1. The summed E-state index contributed by atoms with van der Waals surface area (Å²) < 4.78 is 0.0472. The van der Waals surface area contributed by atoms with Crippen molar-refractivity contribution >= 4 is 23.1 Å². The minimum Gasteiger partial charge on any atom is -0.334 e. The molecular weight excluding hydrogens is 587 g/mol. The number of hydrogen-bond donors (Lipinski definition) is 0. The second-order valence-electron chi connectivity index (χ2n) is 13.7. The van der Waals surface area contributed by atoms with Crippen molar-refractivity contribution in [2.24, 2.45) is 0 Å². The quantitative estimate of drug-likeness (QED) is 0.187. The molecule has 0 amide bonds. The molecule has 2 aliphatic carbocycles. The van der Waals surface area contributed by atoms with Gasteiger partial charge in [0, 0.05) is 11.4 Å². The standard InChI is InChI=1S/C45H39NS/c1-43-28-14-15-29-44(43,47-2)41-31-33(25-27-42(41)46(43)36-20-10-5-11-21-36)32-24-26-40-38(30-32)37-22-12-13-23-39(37)45(40,34-16-6-3-7-17-34)35-18-8-4-9-19-35/h3-13,16-27,30-31H,14-15,28-29H2,1-2H3. The minimum absolute atomic E-state index is 0.0226. The number of hydrogen-bond acceptors (Lipinski definition) is 2. The van der Waals surface area contributed by atoms with Crippen LogP contribution in [0.15, 0.2) is 152 Å². The van der Waals surface area contributed by atoms with Gasteiger partial charge in [-0.2, -0.15) is 11.8 Å². The molecule has 2 atom stereocenters. The molecule has 230 valence electrons. The summed E-state index contributed by atoms with van der Waals surface area (Å²) >= 11 is 2.07. The molecule has 2 unspecified atom stereocenters. The third-order valence-electron chi connectivity index (χ3n) is 11.6. The molecular formula is C45H39NS. The Balaban J connectivity index is 1.25. The first-order valence-corrected chi connectivity index (χ1v) is 18.3. The van der Waals surface area contributed by atoms with Gasteiger partial charge >= 0.3 is 0 Å². The molecule has 1 heterocycles. The summed E-state index contributed by atoms with van der Waals surface area (Å²) in [6.07, 6.45) is 7.30. The summed E-state index contributed by atoms with van der Waals surface area (Å²) in [4.78, 5) is 2.68. The van der Waals surface area contributed by atoms with Crippen LogP contribution in [0.25, 0.3) is 22.3 Å². The fraction of sp³-hybridized carbons (Fsp3) is 0.200. The summed E-state index contributed by atoms with van der Waals surface area (Å²) in [7, 11) is 0. The van der Waals surface area contributed by atoms with Gasteiger partial charge in [0.2, 0.25) is 0 Å². The molecule has 0 saturated heterocycles. The van der Waals surface area contributed by atoms with Crippen LogP contribution in [0.5, 0.6) is 0 Å². The van der Waals surface area contributed by atoms with E-state index in [4.69, 9.17) is 0 Å². The zero-order chi connectivity index (χ0) is 31.6. The van der Waals surface area contributed by atoms with Crippen molar-refractivity contribution in [2.75, 3.05) is 11.2 Å². The van der Waals surface area contributed by atoms with Gasteiger partial charge in [-0.3, -0.25) is 0 Å². The van der Waals surface area contributed by atoms with Crippen LogP contribution in [0, 0.1) is 0 Å². The van der Waals surface area contributed by atoms with Crippen molar-refractivity contribution in [1.29, 1.82) is 0 Å². The van der Waals surface area contributed by atoms with E-state index in [0.717, 1.165) is 0 Å². The molecule has 6 aromatic rings. The zero-order valence-electron chi connectivity index (χ0n) is 27.1. The first-order valence-electron chi connectivity index (χ1n) is 17.0. The van der Waals surface area contributed by atoms with E-state index in [2.05, 4.69) is 182 Å². The largest absolute Gasteiger partial charge is 0.334 e. The Morgan fingerprint density at radius 2 is 1.11 bits per heavy atom. The molecule has 0 aromatic heterocycles. The van der Waals surface area contributed by atoms with Gasteiger partial charge < -0.3 is 4.90 Å². The van der Waals surface area contributed by atoms with E-state index in [-0.39, 0.29) is 15.7 Å². The Kier molecular flexibility index (Phi) is 6.56. The van der Waals surface area contributed by atoms with Gasteiger partial charge in [-0.15, -0.1) is 0 Å². The van der Waals surface area contributed by atoms with E-state index in [1.807, 2.05) is 0 Å². The first kappa shape index (κ1) is 28.7. The molecule has 1 saturated carbocycles. The van der Waals surface area contributed by atoms with E-state index in [1.165, 1.54) is 87.1 Å². The molecule has 0 radical (unpaired) electrons. The van der Waals surface area contributed by atoms with E-state index in [0.29, 0.717) is 0 Å². The number of nitrogens with zero attached hydrogens (tertiary/aromatic N) is 1. The molecule has 1 nitrogen and oxygen atoms in total. The Labute approximate surface area is 283 Å². The highest BCUT2D eigenvalue weighted by Crippen LogP contribution is 2.65. The monoisotopic (exact) mass is 625 g/mol. The van der Waals surface area contributed by atoms with E-state index < -0.39 is 0 Å². The predicted molar refractivity (Wildman–Crippen MR) is 200 cm³/mol. The summed E-state index contributed by atoms with van der Waals surface area (Å²) in [6.45, 7) is 2.52. The van der Waals surface area contributed by atoms with Crippen LogP contribution in [0.1, 0.15) is 60.4 Å². The van der Waals surface area contributed by atoms with E-state index >= 15 is 0 Å². The molecule has 2 heteroatoms. The molecule has 3 aliphatic rings. The SMILES string of the molecule is CSC12CCCCC1(C)N(c1ccccc1)c1ccc(-c3ccc4c(c3)-c3ccccc3C4(c3ccccc3)c3ccccc3)cc12. The Morgan fingerprint density at radius 1 is 0.532 bits per heavy atom. The molecule has 0 spiro atoms. The fourth-order valence-corrected chi connectivity index (χ4v) is 11.0. The van der Waals surface area contributed by atoms with Crippen molar-refractivity contribution in [3.8, 4) is 22.3 Å². The van der Waals surface area contributed by atoms with Crippen molar-refractivity contribution in [1.82, 2.24) is 0 Å². The van der Waals surface area contributed by atoms with Gasteiger partial charge in [-0.05, 0) is 106 Å². The number of thioether (sulfide) groups is 1. The maximum atomic E-state index is 2.68. The second kappa shape index (κ2) is 10.8. The van der Waals surface area contributed by atoms with Crippen LogP contribution < -0.4 is 4.90 Å². The molecule has 1 fully saturated rings. The van der Waals surface area contributed by atoms with Gasteiger partial charge in [0.05, 0.1) is 15.7 Å². The Morgan fingerprint density at radius 3 is 1.81 bits per heavy atom. The highest BCUT2D eigenvalue weighted by molar-refractivity contribution is 7.99. The average molecular weight is 626 g/mol. The van der Waals surface area contributed by atoms with Gasteiger partial charge in [-0.1, -0.05) is 134 Å². The van der Waals surface area contributed by atoms with Crippen molar-refractivity contribution < 1.29 is 0 Å². The molecule has 0 N–H and O–H groups in total. The smallest absolute Gasteiger partial charge is 0.0713 e. The summed E-state index contributed by atoms with van der Waals surface area (Å²) in [5, 5.41) is 0. The maximum absolute atomic E-state index is 2.68. The third-order valence-corrected chi connectivity index (χ3v) is 13.2. The minimum atomic E-state index is -0.367. The van der Waals surface area contributed by atoms with Crippen molar-refractivity contribution in [3.05, 3.63) is 179 Å². The number of rotatable bonds is 5. The number of anilines is 2. The maximum Gasteiger partial charge on any atom is 0.0713 e. The Bertz CT molecular complexity index is 2060. The lowest BCUT2D eigenvalue weighted by atomic mass is 9.67. The topological polar surface area (TPSA) is 3.24 Å². The van der Waals surface area contributed by atoms with E-state index in [1.54, 1.807) is 0 Å². The zero-order valence-corrected chi connectivity index (χ0v) is 27.9. The van der Waals surface area contributed by atoms with Crippen LogP contribution in [-0.2, 0) is 10.2 Å². The summed E-state index contributed by atoms with van der Waals surface area (Å²) in [6, 6.07) is 56.9. The van der Waals surface area contributed by atoms with Crippen molar-refractivity contribution in [2.45, 2.75) is 48.3 Å². The van der Waals surface area contributed by atoms with Crippen LogP contribution in [-0.4, -0.2) is 11.8 Å². The fourth-order valence-electron chi connectivity index (χ4n) is 9.59. The average Bonchev–Trinajstić information content (AvgIpc) is 3.56. The predicted octanol–water partition coefficient (Wildman–Crippen LogP) is 11.8.